The van der Waals surface area contributed by atoms with Crippen molar-refractivity contribution in [2.24, 2.45) is 10.7 Å². The molecule has 0 amide bonds. The van der Waals surface area contributed by atoms with Crippen LogP contribution in [0.3, 0.4) is 0 Å². The largest absolute Gasteiger partial charge is 0.493 e. The number of aliphatic imine (C=N–C) groups is 1. The first kappa shape index (κ1) is 21.9. The van der Waals surface area contributed by atoms with Gasteiger partial charge in [-0.3, -0.25) is 15.1 Å². The van der Waals surface area contributed by atoms with Crippen molar-refractivity contribution < 1.29 is 22.8 Å². The summed E-state index contributed by atoms with van der Waals surface area (Å²) in [7, 11) is -0.875. The number of nitrogens with two attached hydrogens (primary N) is 1. The fourth-order valence-corrected chi connectivity index (χ4v) is 3.37. The predicted octanol–water partition coefficient (Wildman–Crippen LogP) is 1.32. The van der Waals surface area contributed by atoms with E-state index in [4.69, 9.17) is 15.2 Å². The lowest BCUT2D eigenvalue weighted by atomic mass is 10.3. The zero-order chi connectivity index (χ0) is 21.4. The molecule has 0 fully saturated rings. The number of methoxy groups -OCH3 is 2. The number of hydrogen-bond acceptors (Lipinski definition) is 7. The second-order valence-corrected chi connectivity index (χ2v) is 7.38. The summed E-state index contributed by atoms with van der Waals surface area (Å²) in [6.45, 7) is 0.0135. The SMILES string of the molecule is COc1ccc(NC(N)=NCCNS(=O)(=O)c2cccc([N+](=O)[O-])c2)cc1OC. The lowest BCUT2D eigenvalue weighted by molar-refractivity contribution is -0.385. The summed E-state index contributed by atoms with van der Waals surface area (Å²) in [6.07, 6.45) is 0. The summed E-state index contributed by atoms with van der Waals surface area (Å²) >= 11 is 0. The van der Waals surface area contributed by atoms with E-state index in [1.165, 1.54) is 32.4 Å². The fourth-order valence-electron chi connectivity index (χ4n) is 2.31. The van der Waals surface area contributed by atoms with E-state index in [-0.39, 0.29) is 29.6 Å². The minimum Gasteiger partial charge on any atom is -0.493 e. The van der Waals surface area contributed by atoms with E-state index in [0.717, 1.165) is 6.07 Å². The van der Waals surface area contributed by atoms with Crippen LogP contribution in [0.5, 0.6) is 11.5 Å². The van der Waals surface area contributed by atoms with Crippen LogP contribution in [0.4, 0.5) is 11.4 Å². The lowest BCUT2D eigenvalue weighted by Crippen LogP contribution is -2.28. The van der Waals surface area contributed by atoms with Crippen LogP contribution in [-0.4, -0.2) is 46.6 Å². The van der Waals surface area contributed by atoms with Gasteiger partial charge in [0.1, 0.15) is 0 Å². The molecule has 0 saturated carbocycles. The molecule has 0 bridgehead atoms. The van der Waals surface area contributed by atoms with Gasteiger partial charge in [-0.15, -0.1) is 0 Å². The predicted molar refractivity (Wildman–Crippen MR) is 108 cm³/mol. The van der Waals surface area contributed by atoms with Crippen LogP contribution in [-0.2, 0) is 10.0 Å². The molecular formula is C17H21N5O6S. The van der Waals surface area contributed by atoms with Gasteiger partial charge in [0.15, 0.2) is 17.5 Å². The first-order chi connectivity index (χ1) is 13.8. The molecule has 0 aliphatic carbocycles. The molecule has 11 nitrogen and oxygen atoms in total. The van der Waals surface area contributed by atoms with Gasteiger partial charge in [-0.25, -0.2) is 13.1 Å². The molecule has 0 saturated heterocycles. The number of nitrogens with one attached hydrogen (secondary N) is 2. The number of ether oxygens (including phenoxy) is 2. The second kappa shape index (κ2) is 9.71. The summed E-state index contributed by atoms with van der Waals surface area (Å²) in [5, 5.41) is 13.6. The van der Waals surface area contributed by atoms with Crippen molar-refractivity contribution >= 4 is 27.4 Å². The van der Waals surface area contributed by atoms with Gasteiger partial charge in [0, 0.05) is 30.4 Å². The highest BCUT2D eigenvalue weighted by atomic mass is 32.2. The van der Waals surface area contributed by atoms with Gasteiger partial charge in [-0.1, -0.05) is 6.07 Å². The Kier molecular flexibility index (Phi) is 7.33. The molecule has 2 rings (SSSR count). The number of non-ortho nitro benzene ring substituents is 1. The Morgan fingerprint density at radius 2 is 1.90 bits per heavy atom. The molecular weight excluding hydrogens is 402 g/mol. The highest BCUT2D eigenvalue weighted by Crippen LogP contribution is 2.29. The number of nitrogens with zero attached hydrogens (tertiary/aromatic N) is 2. The van der Waals surface area contributed by atoms with Crippen molar-refractivity contribution in [3.63, 3.8) is 0 Å². The average molecular weight is 423 g/mol. The van der Waals surface area contributed by atoms with Crippen molar-refractivity contribution in [3.05, 3.63) is 52.6 Å². The first-order valence-corrected chi connectivity index (χ1v) is 9.78. The first-order valence-electron chi connectivity index (χ1n) is 8.30. The third kappa shape index (κ3) is 6.05. The van der Waals surface area contributed by atoms with Gasteiger partial charge >= 0.3 is 0 Å². The molecule has 4 N–H and O–H groups in total. The topological polar surface area (TPSA) is 158 Å². The highest BCUT2D eigenvalue weighted by molar-refractivity contribution is 7.89. The minimum atomic E-state index is -3.91. The summed E-state index contributed by atoms with van der Waals surface area (Å²) < 4.78 is 37.1. The maximum Gasteiger partial charge on any atom is 0.270 e. The zero-order valence-electron chi connectivity index (χ0n) is 15.8. The molecule has 0 spiro atoms. The molecule has 29 heavy (non-hydrogen) atoms. The molecule has 0 radical (unpaired) electrons. The van der Waals surface area contributed by atoms with E-state index >= 15 is 0 Å². The number of nitro groups is 1. The number of nitro benzene ring substituents is 1. The normalized spacial score (nSPS) is 11.7. The maximum atomic E-state index is 12.2. The number of anilines is 1. The van der Waals surface area contributed by atoms with Gasteiger partial charge in [0.05, 0.1) is 30.6 Å². The quantitative estimate of drug-likeness (QED) is 0.179. The van der Waals surface area contributed by atoms with Crippen LogP contribution < -0.4 is 25.2 Å². The van der Waals surface area contributed by atoms with Gasteiger partial charge in [-0.05, 0) is 18.2 Å². The van der Waals surface area contributed by atoms with Crippen molar-refractivity contribution in [2.75, 3.05) is 32.6 Å². The van der Waals surface area contributed by atoms with Gasteiger partial charge in [0.2, 0.25) is 10.0 Å². The lowest BCUT2D eigenvalue weighted by Gasteiger charge is -2.11. The van der Waals surface area contributed by atoms with E-state index < -0.39 is 14.9 Å². The summed E-state index contributed by atoms with van der Waals surface area (Å²) in [6, 6.07) is 9.85. The molecule has 0 aliphatic heterocycles. The Morgan fingerprint density at radius 3 is 2.55 bits per heavy atom. The van der Waals surface area contributed by atoms with Crippen molar-refractivity contribution in [1.82, 2.24) is 4.72 Å². The molecule has 0 atom stereocenters. The molecule has 12 heteroatoms. The molecule has 2 aromatic carbocycles. The maximum absolute atomic E-state index is 12.2. The minimum absolute atomic E-state index is 0.0423. The Bertz CT molecular complexity index is 1010. The Morgan fingerprint density at radius 1 is 1.17 bits per heavy atom. The van der Waals surface area contributed by atoms with Crippen LogP contribution >= 0.6 is 0 Å². The molecule has 0 aromatic heterocycles. The van der Waals surface area contributed by atoms with E-state index in [9.17, 15) is 18.5 Å². The summed E-state index contributed by atoms with van der Waals surface area (Å²) in [5.41, 5.74) is 6.10. The van der Waals surface area contributed by atoms with Crippen LogP contribution in [0.15, 0.2) is 52.4 Å². The van der Waals surface area contributed by atoms with Crippen LogP contribution in [0.25, 0.3) is 0 Å². The average Bonchev–Trinajstić information content (AvgIpc) is 2.71. The second-order valence-electron chi connectivity index (χ2n) is 5.61. The van der Waals surface area contributed by atoms with Crippen LogP contribution in [0.2, 0.25) is 0 Å². The summed E-state index contributed by atoms with van der Waals surface area (Å²) in [4.78, 5) is 13.9. The third-order valence-electron chi connectivity index (χ3n) is 3.68. The van der Waals surface area contributed by atoms with E-state index in [0.29, 0.717) is 17.2 Å². The standard InChI is InChI=1S/C17H21N5O6S/c1-27-15-7-6-12(10-16(15)28-2)21-17(18)19-8-9-20-29(25,26)14-5-3-4-13(11-14)22(23)24/h3-7,10-11,20H,8-9H2,1-2H3,(H3,18,19,21). The Hall–Kier alpha value is -3.38. The van der Waals surface area contributed by atoms with Gasteiger partial charge in [-0.2, -0.15) is 0 Å². The highest BCUT2D eigenvalue weighted by Gasteiger charge is 2.16. The van der Waals surface area contributed by atoms with Crippen LogP contribution in [0, 0.1) is 10.1 Å². The van der Waals surface area contributed by atoms with Gasteiger partial charge < -0.3 is 20.5 Å². The molecule has 156 valence electrons. The Labute approximate surface area is 167 Å². The smallest absolute Gasteiger partial charge is 0.270 e. The zero-order valence-corrected chi connectivity index (χ0v) is 16.6. The monoisotopic (exact) mass is 423 g/mol. The molecule has 0 heterocycles. The van der Waals surface area contributed by atoms with Crippen LogP contribution in [0.1, 0.15) is 0 Å². The molecule has 2 aromatic rings. The summed E-state index contributed by atoms with van der Waals surface area (Å²) in [5.74, 6) is 1.14. The number of hydrogen-bond donors (Lipinski definition) is 3. The molecule has 0 unspecified atom stereocenters. The van der Waals surface area contributed by atoms with E-state index in [1.807, 2.05) is 0 Å². The number of rotatable bonds is 9. The molecule has 0 aliphatic rings. The van der Waals surface area contributed by atoms with Crippen molar-refractivity contribution in [3.8, 4) is 11.5 Å². The van der Waals surface area contributed by atoms with E-state index in [2.05, 4.69) is 15.0 Å². The van der Waals surface area contributed by atoms with Crippen molar-refractivity contribution in [2.45, 2.75) is 4.90 Å². The number of guanidine groups is 1. The fraction of sp³-hybridized carbons (Fsp3) is 0.235. The third-order valence-corrected chi connectivity index (χ3v) is 5.14. The number of benzene rings is 2. The number of sulfonamides is 1. The van der Waals surface area contributed by atoms with Crippen molar-refractivity contribution in [1.29, 1.82) is 0 Å². The Balaban J connectivity index is 1.94. The van der Waals surface area contributed by atoms with Gasteiger partial charge in [0.25, 0.3) is 5.69 Å². The van der Waals surface area contributed by atoms with E-state index in [1.54, 1.807) is 18.2 Å².